The van der Waals surface area contributed by atoms with Crippen molar-refractivity contribution < 1.29 is 22.1 Å². The molecule has 3 heteroatoms. The molecule has 1 aliphatic carbocycles. The lowest BCUT2D eigenvalue weighted by Gasteiger charge is -2.50. The lowest BCUT2D eigenvalue weighted by atomic mass is 9.65. The van der Waals surface area contributed by atoms with Gasteiger partial charge in [-0.05, 0) is 25.7 Å². The van der Waals surface area contributed by atoms with Crippen LogP contribution in [0.2, 0.25) is 0 Å². The minimum Gasteiger partial charge on any atom is -1.00 e. The maximum atomic E-state index is 12.5. The third kappa shape index (κ3) is 2.47. The van der Waals surface area contributed by atoms with Gasteiger partial charge in [0.25, 0.3) is 0 Å². The average molecular weight is 286 g/mol. The Bertz CT molecular complexity index is 333. The van der Waals surface area contributed by atoms with Crippen molar-refractivity contribution in [1.29, 1.82) is 0 Å². The van der Waals surface area contributed by atoms with Crippen molar-refractivity contribution in [1.82, 2.24) is 0 Å². The van der Waals surface area contributed by atoms with Crippen LogP contribution in [-0.4, -0.2) is 23.9 Å². The van der Waals surface area contributed by atoms with E-state index in [1.165, 1.54) is 64.3 Å². The number of unbranched alkanes of at least 4 members (excludes halogenated alkanes) is 1. The van der Waals surface area contributed by atoms with Crippen LogP contribution in [0.4, 0.5) is 0 Å². The molecule has 0 radical (unpaired) electrons. The summed E-state index contributed by atoms with van der Waals surface area (Å²) in [6.45, 7) is 3.61. The van der Waals surface area contributed by atoms with Crippen LogP contribution in [0.3, 0.4) is 0 Å². The largest absolute Gasteiger partial charge is 1.00 e. The molecule has 0 amide bonds. The zero-order valence-corrected chi connectivity index (χ0v) is 13.0. The van der Waals surface area contributed by atoms with E-state index in [2.05, 4.69) is 6.92 Å². The molecule has 0 aromatic rings. The molecule has 0 bridgehead atoms. The van der Waals surface area contributed by atoms with Gasteiger partial charge in [0.1, 0.15) is 11.3 Å². The quantitative estimate of drug-likeness (QED) is 0.715. The summed E-state index contributed by atoms with van der Waals surface area (Å²) in [5.41, 5.74) is 0.395. The molecule has 19 heavy (non-hydrogen) atoms. The highest BCUT2D eigenvalue weighted by molar-refractivity contribution is 5.83. The molecule has 1 N–H and O–H groups in total. The molecule has 3 aliphatic rings. The van der Waals surface area contributed by atoms with Crippen molar-refractivity contribution in [3.8, 4) is 0 Å². The molecule has 0 aromatic heterocycles. The van der Waals surface area contributed by atoms with Crippen LogP contribution >= 0.6 is 0 Å². The van der Waals surface area contributed by atoms with Gasteiger partial charge < -0.3 is 17.3 Å². The first-order valence-corrected chi connectivity index (χ1v) is 8.17. The summed E-state index contributed by atoms with van der Waals surface area (Å²) in [4.78, 5) is 14.4. The maximum absolute atomic E-state index is 12.5. The number of rotatable bonds is 3. The fourth-order valence-corrected chi connectivity index (χ4v) is 5.24. The SMILES string of the molecule is CCCC[C@@H]1CC(=O)[C@H]2CCCC[C@]23CCC[NH+]13.[Cl-]. The number of hydrogen-bond donors (Lipinski definition) is 1. The first kappa shape index (κ1) is 15.3. The van der Waals surface area contributed by atoms with Gasteiger partial charge in [-0.1, -0.05) is 19.8 Å². The molecule has 2 nitrogen and oxygen atoms in total. The summed E-state index contributed by atoms with van der Waals surface area (Å²) in [6, 6.07) is 0.661. The Hall–Kier alpha value is -0.0800. The predicted molar refractivity (Wildman–Crippen MR) is 72.7 cm³/mol. The fourth-order valence-electron chi connectivity index (χ4n) is 5.24. The molecule has 2 aliphatic heterocycles. The second-order valence-electron chi connectivity index (χ2n) is 6.84. The summed E-state index contributed by atoms with van der Waals surface area (Å²) in [7, 11) is 0. The molecule has 3 rings (SSSR count). The van der Waals surface area contributed by atoms with Gasteiger partial charge in [-0.2, -0.15) is 0 Å². The van der Waals surface area contributed by atoms with Crippen LogP contribution in [0, 0.1) is 5.92 Å². The molecule has 0 aromatic carbocycles. The third-order valence-electron chi connectivity index (χ3n) is 5.98. The highest BCUT2D eigenvalue weighted by atomic mass is 35.5. The number of hydrogen-bond acceptors (Lipinski definition) is 1. The van der Waals surface area contributed by atoms with Gasteiger partial charge in [-0.25, -0.2) is 0 Å². The Kier molecular flexibility index (Phi) is 4.94. The van der Waals surface area contributed by atoms with Crippen LogP contribution in [0.1, 0.15) is 71.1 Å². The van der Waals surface area contributed by atoms with Crippen molar-refractivity contribution in [2.45, 2.75) is 82.7 Å². The standard InChI is InChI=1S/C16H27NO.ClH/c1-2-3-7-13-12-15(18)14-8-4-5-9-16(14)10-6-11-17(13)16;/h13-14H,2-12H2,1H3;1H/t13-,14-,16+;/m1./s1. The summed E-state index contributed by atoms with van der Waals surface area (Å²) in [5.74, 6) is 1.06. The smallest absolute Gasteiger partial charge is 0.148 e. The van der Waals surface area contributed by atoms with E-state index in [4.69, 9.17) is 0 Å². The highest BCUT2D eigenvalue weighted by Crippen LogP contribution is 2.41. The number of piperidine rings is 1. The van der Waals surface area contributed by atoms with E-state index in [-0.39, 0.29) is 12.4 Å². The van der Waals surface area contributed by atoms with E-state index in [0.717, 1.165) is 6.42 Å². The lowest BCUT2D eigenvalue weighted by Crippen LogP contribution is -3.23. The molecule has 1 spiro atoms. The summed E-state index contributed by atoms with van der Waals surface area (Å²) < 4.78 is 0. The van der Waals surface area contributed by atoms with Gasteiger partial charge in [0, 0.05) is 19.3 Å². The van der Waals surface area contributed by atoms with E-state index in [1.807, 2.05) is 4.90 Å². The molecule has 2 heterocycles. The second-order valence-corrected chi connectivity index (χ2v) is 6.84. The van der Waals surface area contributed by atoms with E-state index in [0.29, 0.717) is 23.3 Å². The van der Waals surface area contributed by atoms with E-state index in [1.54, 1.807) is 0 Å². The lowest BCUT2D eigenvalue weighted by molar-refractivity contribution is -0.970. The van der Waals surface area contributed by atoms with Crippen LogP contribution < -0.4 is 17.3 Å². The monoisotopic (exact) mass is 285 g/mol. The number of carbonyl (C=O) groups excluding carboxylic acids is 1. The zero-order valence-electron chi connectivity index (χ0n) is 12.2. The molecule has 4 atom stereocenters. The van der Waals surface area contributed by atoms with Crippen molar-refractivity contribution in [3.05, 3.63) is 0 Å². The number of carbonyl (C=O) groups is 1. The first-order chi connectivity index (χ1) is 8.78. The van der Waals surface area contributed by atoms with Crippen molar-refractivity contribution in [3.63, 3.8) is 0 Å². The molecule has 110 valence electrons. The summed E-state index contributed by atoms with van der Waals surface area (Å²) >= 11 is 0. The number of nitrogens with one attached hydrogen (secondary N) is 1. The Morgan fingerprint density at radius 2 is 2.05 bits per heavy atom. The van der Waals surface area contributed by atoms with Crippen LogP contribution in [-0.2, 0) is 4.79 Å². The number of Topliss-reactive ketones (excluding diaryl/α,β-unsaturated/α-hetero) is 1. The van der Waals surface area contributed by atoms with Gasteiger partial charge in [-0.15, -0.1) is 0 Å². The van der Waals surface area contributed by atoms with E-state index < -0.39 is 0 Å². The van der Waals surface area contributed by atoms with Crippen LogP contribution in [0.25, 0.3) is 0 Å². The van der Waals surface area contributed by atoms with E-state index in [9.17, 15) is 4.79 Å². The molecule has 3 fully saturated rings. The zero-order chi connectivity index (χ0) is 12.6. The molecular formula is C16H28ClNO. The summed E-state index contributed by atoms with van der Waals surface area (Å²) in [5, 5.41) is 0. The minimum absolute atomic E-state index is 0. The fraction of sp³-hybridized carbons (Fsp3) is 0.938. The first-order valence-electron chi connectivity index (χ1n) is 8.17. The highest BCUT2D eigenvalue weighted by Gasteiger charge is 2.59. The molecule has 1 unspecified atom stereocenters. The van der Waals surface area contributed by atoms with Gasteiger partial charge >= 0.3 is 0 Å². The van der Waals surface area contributed by atoms with Crippen molar-refractivity contribution >= 4 is 5.78 Å². The Balaban J connectivity index is 0.00000133. The normalized spacial score (nSPS) is 41.3. The van der Waals surface area contributed by atoms with Gasteiger partial charge in [-0.3, -0.25) is 4.79 Å². The molecular weight excluding hydrogens is 258 g/mol. The molecule has 1 saturated carbocycles. The molecule has 2 saturated heterocycles. The van der Waals surface area contributed by atoms with Crippen LogP contribution in [0.5, 0.6) is 0 Å². The summed E-state index contributed by atoms with van der Waals surface area (Å²) in [6.07, 6.45) is 12.6. The van der Waals surface area contributed by atoms with Crippen molar-refractivity contribution in [2.75, 3.05) is 6.54 Å². The Labute approximate surface area is 123 Å². The number of halogens is 1. The second kappa shape index (κ2) is 6.13. The topological polar surface area (TPSA) is 21.5 Å². The van der Waals surface area contributed by atoms with Gasteiger partial charge in [0.05, 0.1) is 24.9 Å². The van der Waals surface area contributed by atoms with E-state index >= 15 is 0 Å². The van der Waals surface area contributed by atoms with Gasteiger partial charge in [0.15, 0.2) is 0 Å². The third-order valence-corrected chi connectivity index (χ3v) is 5.98. The predicted octanol–water partition coefficient (Wildman–Crippen LogP) is -0.870. The van der Waals surface area contributed by atoms with Crippen LogP contribution in [0.15, 0.2) is 0 Å². The Morgan fingerprint density at radius 1 is 1.26 bits per heavy atom. The Morgan fingerprint density at radius 3 is 2.84 bits per heavy atom. The van der Waals surface area contributed by atoms with Gasteiger partial charge in [0.2, 0.25) is 0 Å². The van der Waals surface area contributed by atoms with Crippen molar-refractivity contribution in [2.24, 2.45) is 5.92 Å². The minimum atomic E-state index is 0. The average Bonchev–Trinajstić information content (AvgIpc) is 2.80. The number of quaternary nitrogens is 1. The number of ketones is 1. The maximum Gasteiger partial charge on any atom is 0.148 e.